The Morgan fingerprint density at radius 3 is 1.71 bits per heavy atom. The second kappa shape index (κ2) is 17.2. The van der Waals surface area contributed by atoms with Gasteiger partial charge in [0, 0.05) is 0 Å². The van der Waals surface area contributed by atoms with Gasteiger partial charge in [-0.05, 0) is 42.9 Å². The van der Waals surface area contributed by atoms with Crippen molar-refractivity contribution in [2.24, 2.45) is 0 Å². The van der Waals surface area contributed by atoms with E-state index < -0.39 is 8.60 Å². The van der Waals surface area contributed by atoms with Crippen molar-refractivity contribution in [3.05, 3.63) is 29.3 Å². The van der Waals surface area contributed by atoms with E-state index >= 15 is 0 Å². The van der Waals surface area contributed by atoms with Crippen LogP contribution in [0.4, 0.5) is 0 Å². The molecule has 0 saturated heterocycles. The normalized spacial score (nSPS) is 11.3. The molecule has 3 nitrogen and oxygen atoms in total. The van der Waals surface area contributed by atoms with Gasteiger partial charge in [0.2, 0.25) is 0 Å². The maximum Gasteiger partial charge on any atom is 0.122 e. The number of aryl methyl sites for hydroxylation is 2. The molecule has 0 aliphatic heterocycles. The zero-order valence-corrected chi connectivity index (χ0v) is 19.1. The molecule has 1 aromatic rings. The van der Waals surface area contributed by atoms with E-state index in [1.165, 1.54) is 89.0 Å². The summed E-state index contributed by atoms with van der Waals surface area (Å²) in [4.78, 5) is 22.0. The van der Waals surface area contributed by atoms with Crippen LogP contribution in [-0.4, -0.2) is 0 Å². The highest BCUT2D eigenvalue weighted by Gasteiger charge is 2.06. The van der Waals surface area contributed by atoms with Gasteiger partial charge in [-0.3, -0.25) is 0 Å². The standard InChI is InChI=1S/C24H41O3P/c1-3-5-7-9-11-13-15-17-22-19-20-24(27-28(25)26)23(21-22)18-16-14-12-10-8-6-4-2/h19-21H,3-18H2,1-2H3/q-2. The Morgan fingerprint density at radius 2 is 1.18 bits per heavy atom. The summed E-state index contributed by atoms with van der Waals surface area (Å²) < 4.78 is 5.04. The molecule has 0 aliphatic rings. The first-order valence-corrected chi connectivity index (χ1v) is 12.7. The van der Waals surface area contributed by atoms with Gasteiger partial charge in [-0.2, -0.15) is 0 Å². The van der Waals surface area contributed by atoms with Crippen LogP contribution in [0.1, 0.15) is 115 Å². The summed E-state index contributed by atoms with van der Waals surface area (Å²) in [5, 5.41) is 0. The average molecular weight is 409 g/mol. The third-order valence-corrected chi connectivity index (χ3v) is 5.76. The molecule has 0 spiro atoms. The van der Waals surface area contributed by atoms with Crippen LogP contribution in [0, 0.1) is 0 Å². The molecule has 0 radical (unpaired) electrons. The molecule has 0 unspecified atom stereocenters. The second-order valence-electron chi connectivity index (χ2n) is 8.00. The number of rotatable bonds is 18. The van der Waals surface area contributed by atoms with Crippen molar-refractivity contribution in [3.63, 3.8) is 0 Å². The lowest BCUT2D eigenvalue weighted by Gasteiger charge is -2.30. The molecule has 0 aliphatic carbocycles. The summed E-state index contributed by atoms with van der Waals surface area (Å²) in [6.45, 7) is 4.49. The summed E-state index contributed by atoms with van der Waals surface area (Å²) in [7, 11) is -2.85. The van der Waals surface area contributed by atoms with Crippen molar-refractivity contribution in [1.29, 1.82) is 0 Å². The first-order chi connectivity index (χ1) is 13.7. The molecule has 0 atom stereocenters. The van der Waals surface area contributed by atoms with Crippen LogP contribution < -0.4 is 14.3 Å². The molecule has 162 valence electrons. The van der Waals surface area contributed by atoms with Gasteiger partial charge in [0.15, 0.2) is 0 Å². The number of hydrogen-bond acceptors (Lipinski definition) is 3. The van der Waals surface area contributed by atoms with Crippen LogP contribution >= 0.6 is 8.60 Å². The van der Waals surface area contributed by atoms with Crippen molar-refractivity contribution >= 4 is 8.60 Å². The highest BCUT2D eigenvalue weighted by atomic mass is 31.2. The molecule has 0 bridgehead atoms. The summed E-state index contributed by atoms with van der Waals surface area (Å²) >= 11 is 0. The largest absolute Gasteiger partial charge is 0.810 e. The van der Waals surface area contributed by atoms with E-state index in [1.807, 2.05) is 12.1 Å². The van der Waals surface area contributed by atoms with Crippen LogP contribution in [0.5, 0.6) is 5.75 Å². The van der Waals surface area contributed by atoms with Gasteiger partial charge in [-0.1, -0.05) is 112 Å². The molecule has 28 heavy (non-hydrogen) atoms. The Balaban J connectivity index is 2.41. The van der Waals surface area contributed by atoms with Crippen LogP contribution in [-0.2, 0) is 12.8 Å². The quantitative estimate of drug-likeness (QED) is 0.203. The Hall–Kier alpha value is -0.630. The van der Waals surface area contributed by atoms with E-state index in [0.717, 1.165) is 24.8 Å². The van der Waals surface area contributed by atoms with E-state index in [-0.39, 0.29) is 0 Å². The summed E-state index contributed by atoms with van der Waals surface area (Å²) in [5.74, 6) is 0.519. The fourth-order valence-electron chi connectivity index (χ4n) is 3.71. The fourth-order valence-corrected chi connectivity index (χ4v) is 4.05. The SMILES string of the molecule is CCCCCCCCCc1ccc(OP([O-])[O-])c(CCCCCCCCC)c1. The van der Waals surface area contributed by atoms with Gasteiger partial charge in [0.1, 0.15) is 5.75 Å². The van der Waals surface area contributed by atoms with Gasteiger partial charge in [0.25, 0.3) is 0 Å². The van der Waals surface area contributed by atoms with Gasteiger partial charge in [-0.15, -0.1) is 0 Å². The maximum atomic E-state index is 11.0. The van der Waals surface area contributed by atoms with E-state index in [2.05, 4.69) is 19.9 Å². The number of benzene rings is 1. The van der Waals surface area contributed by atoms with Crippen LogP contribution in [0.3, 0.4) is 0 Å². The number of unbranched alkanes of at least 4 members (excludes halogenated alkanes) is 12. The lowest BCUT2D eigenvalue weighted by Crippen LogP contribution is -2.13. The number of hydrogen-bond donors (Lipinski definition) is 0. The van der Waals surface area contributed by atoms with Gasteiger partial charge >= 0.3 is 0 Å². The average Bonchev–Trinajstić information content (AvgIpc) is 2.68. The predicted molar refractivity (Wildman–Crippen MR) is 117 cm³/mol. The summed E-state index contributed by atoms with van der Waals surface area (Å²) in [6, 6.07) is 6.04. The Morgan fingerprint density at radius 1 is 0.679 bits per heavy atom. The van der Waals surface area contributed by atoms with E-state index in [1.54, 1.807) is 0 Å². The molecule has 0 aromatic heterocycles. The molecular weight excluding hydrogens is 367 g/mol. The van der Waals surface area contributed by atoms with Gasteiger partial charge < -0.3 is 14.3 Å². The van der Waals surface area contributed by atoms with E-state index in [4.69, 9.17) is 4.52 Å². The first kappa shape index (κ1) is 25.4. The molecular formula is C24H41O3P-2. The molecule has 0 saturated carbocycles. The topological polar surface area (TPSA) is 55.3 Å². The fraction of sp³-hybridized carbons (Fsp3) is 0.750. The Labute approximate surface area is 174 Å². The summed E-state index contributed by atoms with van der Waals surface area (Å²) in [5.41, 5.74) is 2.35. The summed E-state index contributed by atoms with van der Waals surface area (Å²) in [6.07, 6.45) is 19.9. The minimum atomic E-state index is -2.85. The third-order valence-electron chi connectivity index (χ3n) is 5.42. The molecule has 1 aromatic carbocycles. The minimum Gasteiger partial charge on any atom is -0.810 e. The lowest BCUT2D eigenvalue weighted by atomic mass is 9.99. The Kier molecular flexibility index (Phi) is 15.6. The van der Waals surface area contributed by atoms with Crippen LogP contribution in [0.15, 0.2) is 18.2 Å². The van der Waals surface area contributed by atoms with Gasteiger partial charge in [0.05, 0.1) is 0 Å². The highest BCUT2D eigenvalue weighted by Crippen LogP contribution is 2.29. The maximum absolute atomic E-state index is 11.0. The van der Waals surface area contributed by atoms with E-state index in [9.17, 15) is 9.79 Å². The van der Waals surface area contributed by atoms with Crippen molar-refractivity contribution in [2.75, 3.05) is 0 Å². The zero-order valence-electron chi connectivity index (χ0n) is 18.2. The van der Waals surface area contributed by atoms with Crippen molar-refractivity contribution < 1.29 is 14.3 Å². The second-order valence-corrected chi connectivity index (χ2v) is 8.63. The minimum absolute atomic E-state index is 0.519. The molecule has 0 amide bonds. The molecule has 0 heterocycles. The molecule has 4 heteroatoms. The van der Waals surface area contributed by atoms with Crippen molar-refractivity contribution in [1.82, 2.24) is 0 Å². The Bertz CT molecular complexity index is 491. The zero-order chi connectivity index (χ0) is 20.5. The molecule has 0 fully saturated rings. The monoisotopic (exact) mass is 408 g/mol. The molecule has 0 N–H and O–H groups in total. The smallest absolute Gasteiger partial charge is 0.122 e. The molecule has 1 rings (SSSR count). The van der Waals surface area contributed by atoms with Crippen LogP contribution in [0.25, 0.3) is 0 Å². The van der Waals surface area contributed by atoms with Gasteiger partial charge in [-0.25, -0.2) is 0 Å². The van der Waals surface area contributed by atoms with Crippen molar-refractivity contribution in [3.8, 4) is 5.75 Å². The highest BCUT2D eigenvalue weighted by molar-refractivity contribution is 7.36. The van der Waals surface area contributed by atoms with E-state index in [0.29, 0.717) is 5.75 Å². The van der Waals surface area contributed by atoms with Crippen molar-refractivity contribution in [2.45, 2.75) is 117 Å². The third kappa shape index (κ3) is 12.8. The lowest BCUT2D eigenvalue weighted by molar-refractivity contribution is -0.310. The van der Waals surface area contributed by atoms with Crippen LogP contribution in [0.2, 0.25) is 0 Å². The predicted octanol–water partition coefficient (Wildman–Crippen LogP) is 6.60. The first-order valence-electron chi connectivity index (χ1n) is 11.6.